The summed E-state index contributed by atoms with van der Waals surface area (Å²) in [4.78, 5) is 151. The molecule has 3 saturated heterocycles. The van der Waals surface area contributed by atoms with Gasteiger partial charge in [0.1, 0.15) is 17.9 Å². The van der Waals surface area contributed by atoms with Gasteiger partial charge in [0.2, 0.25) is 17.8 Å². The van der Waals surface area contributed by atoms with E-state index in [1.165, 1.54) is 0 Å². The molecule has 539 valence electrons. The molecule has 10 N–H and O–H groups in total. The number of amides is 3. The topological polar surface area (TPSA) is 427 Å². The molecular formula is C63H99LuN13O18. The second-order valence-corrected chi connectivity index (χ2v) is 24.6. The van der Waals surface area contributed by atoms with Gasteiger partial charge in [0.25, 0.3) is 0 Å². The summed E-state index contributed by atoms with van der Waals surface area (Å²) in [6, 6.07) is 4.15. The molecule has 5 rings (SSSR count). The Bertz CT molecular complexity index is 2740. The Morgan fingerprint density at radius 1 is 0.526 bits per heavy atom. The molecule has 1 unspecified atom stereocenters. The number of nitrogens with one attached hydrogen (secondary N) is 3. The van der Waals surface area contributed by atoms with E-state index < -0.39 is 66.3 Å². The van der Waals surface area contributed by atoms with Crippen molar-refractivity contribution in [1.29, 1.82) is 0 Å². The van der Waals surface area contributed by atoms with Crippen molar-refractivity contribution in [3.8, 4) is 0 Å². The number of aromatic nitrogens is 3. The molecule has 3 atom stereocenters. The Balaban J connectivity index is 0.00000576. The van der Waals surface area contributed by atoms with Crippen LogP contribution in [0.2, 0.25) is 0 Å². The van der Waals surface area contributed by atoms with Crippen LogP contribution in [-0.2, 0) is 60.8 Å². The van der Waals surface area contributed by atoms with Gasteiger partial charge in [0, 0.05) is 160 Å². The number of benzene rings is 1. The second-order valence-electron chi connectivity index (χ2n) is 24.6. The van der Waals surface area contributed by atoms with E-state index in [0.29, 0.717) is 115 Å². The van der Waals surface area contributed by atoms with Crippen molar-refractivity contribution in [3.63, 3.8) is 0 Å². The van der Waals surface area contributed by atoms with Crippen LogP contribution in [-0.4, -0.2) is 278 Å². The Hall–Kier alpha value is -6.73. The number of piperazine rings is 1. The van der Waals surface area contributed by atoms with Gasteiger partial charge in [0.05, 0.1) is 19.6 Å². The molecule has 2 aromatic rings. The fourth-order valence-electron chi connectivity index (χ4n) is 11.9. The number of urea groups is 1. The van der Waals surface area contributed by atoms with Gasteiger partial charge in [-0.1, -0.05) is 62.8 Å². The summed E-state index contributed by atoms with van der Waals surface area (Å²) in [6.45, 7) is 8.28. The maximum atomic E-state index is 12.4. The molecule has 3 aliphatic heterocycles. The monoisotopic (exact) mass is 1500 g/mol. The van der Waals surface area contributed by atoms with Gasteiger partial charge in [-0.25, -0.2) is 14.4 Å². The average molecular weight is 1500 g/mol. The van der Waals surface area contributed by atoms with Gasteiger partial charge in [0.15, 0.2) is 0 Å². The van der Waals surface area contributed by atoms with E-state index >= 15 is 0 Å². The number of anilines is 2. The summed E-state index contributed by atoms with van der Waals surface area (Å²) in [5.74, 6) is -5.42. The van der Waals surface area contributed by atoms with E-state index in [4.69, 9.17) is 29.6 Å². The third kappa shape index (κ3) is 35.2. The van der Waals surface area contributed by atoms with Crippen LogP contribution in [0.15, 0.2) is 24.3 Å². The van der Waals surface area contributed by atoms with Crippen molar-refractivity contribution in [3.05, 3.63) is 41.2 Å². The largest absolute Gasteiger partial charge is 0.481 e. The van der Waals surface area contributed by atoms with Crippen molar-refractivity contribution in [1.82, 2.24) is 55.4 Å². The third-order valence-electron chi connectivity index (χ3n) is 17.1. The Morgan fingerprint density at radius 3 is 1.57 bits per heavy atom. The summed E-state index contributed by atoms with van der Waals surface area (Å²) in [5, 5.41) is 73.3. The minimum Gasteiger partial charge on any atom is -0.481 e. The fourth-order valence-corrected chi connectivity index (χ4v) is 11.9. The van der Waals surface area contributed by atoms with Crippen LogP contribution in [0.1, 0.15) is 139 Å². The zero-order valence-corrected chi connectivity index (χ0v) is 56.2. The van der Waals surface area contributed by atoms with Crippen LogP contribution in [0.25, 0.3) is 0 Å². The smallest absolute Gasteiger partial charge is 0.373 e. The molecule has 1 aromatic carbocycles. The van der Waals surface area contributed by atoms with Gasteiger partial charge in [-0.3, -0.25) is 48.4 Å². The maximum Gasteiger partial charge on any atom is 0.373 e. The molecular weight excluding hydrogens is 1400 g/mol. The molecule has 0 saturated carbocycles. The van der Waals surface area contributed by atoms with Crippen LogP contribution in [0.3, 0.4) is 0 Å². The van der Waals surface area contributed by atoms with Crippen LogP contribution in [0.4, 0.5) is 16.7 Å². The Morgan fingerprint density at radius 2 is 1.02 bits per heavy atom. The number of aliphatic carboxylic acids is 7. The summed E-state index contributed by atoms with van der Waals surface area (Å²) < 4.78 is 0. The van der Waals surface area contributed by atoms with Gasteiger partial charge < -0.3 is 66.4 Å². The zero-order valence-electron chi connectivity index (χ0n) is 54.5. The van der Waals surface area contributed by atoms with Crippen LogP contribution in [0.5, 0.6) is 0 Å². The minimum atomic E-state index is -1.49. The molecule has 3 aliphatic rings. The van der Waals surface area contributed by atoms with Gasteiger partial charge in [-0.2, -0.15) is 24.5 Å². The molecule has 1 aromatic heterocycles. The van der Waals surface area contributed by atoms with Crippen LogP contribution >= 0.6 is 0 Å². The molecule has 4 heterocycles. The van der Waals surface area contributed by atoms with Crippen molar-refractivity contribution in [2.75, 3.05) is 135 Å². The average Bonchev–Trinajstić information content (AvgIpc) is 0.867. The predicted molar refractivity (Wildman–Crippen MR) is 341 cm³/mol. The van der Waals surface area contributed by atoms with Gasteiger partial charge in [-0.05, 0) is 101 Å². The summed E-state index contributed by atoms with van der Waals surface area (Å²) in [6.07, 6.45) is 13.5. The SMILES string of the molecule is CN1CCN(CC(=O)O)CCN(CC(=O)O)CCN(CC(=O)O)C(Cc2ccc(Cc3nc(N4CCC(CCCC(=O)O)CC4)nc(N4CCN(CCCCCCCCCCC(=O)NCCCC[C@H](NC(=O)N[C@@H](CCC(=O)O)C(=O)O)C(=O)O)CC4)n3)cc2)C1.O=C=O.[Lu]. The molecule has 3 fully saturated rings. The van der Waals surface area contributed by atoms with E-state index in [0.717, 1.165) is 128 Å². The second kappa shape index (κ2) is 46.4. The number of piperidine rings is 1. The Kier molecular flexibility index (Phi) is 40.3. The number of hydrogen-bond acceptors (Lipinski definition) is 21. The number of unbranched alkanes of at least 4 members (excludes halogenated alkanes) is 8. The number of likely N-dealkylation sites (N-methyl/N-ethyl adjacent to an activating group) is 1. The standard InChI is InChI=1S/C62H99N13O16.CO2.Lu/c1-69-29-30-71(42-55(81)82)31-32-72(43-56(83)84)35-38-75(44-57(85)86)48(41-69)39-46-17-19-47(20-18-46)40-51-66-60(73-27-23-45(24-28-73)13-12-16-53(77)78)68-61(67-51)74-36-33-70(34-37-74)26-11-7-5-3-2-4-6-8-15-52(76)63-25-10-9-14-49(58(87)88)64-62(91)65-50(59(89)90)21-22-54(79)80;2-1-3;/h17-20,45,48-50H,2-16,21-44H2,1H3,(H,63,76)(H,77,78)(H,79,80)(H,81,82)(H,83,84)(H,85,86)(H,87,88)(H,89,90)(H2,64,65,91);;/t48?,49-,50-;;/m0../s1. The van der Waals surface area contributed by atoms with E-state index in [2.05, 4.69) is 59.8 Å². The molecule has 0 bridgehead atoms. The molecule has 95 heavy (non-hydrogen) atoms. The van der Waals surface area contributed by atoms with Crippen molar-refractivity contribution < 1.29 is 125 Å². The number of nitrogens with zero attached hydrogens (tertiary/aromatic N) is 10. The molecule has 32 heteroatoms. The van der Waals surface area contributed by atoms with Crippen molar-refractivity contribution in [2.24, 2.45) is 5.92 Å². The Labute approximate surface area is 583 Å². The van der Waals surface area contributed by atoms with Crippen LogP contribution in [0, 0.1) is 42.8 Å². The van der Waals surface area contributed by atoms with Crippen molar-refractivity contribution in [2.45, 2.75) is 153 Å². The van der Waals surface area contributed by atoms with E-state index in [1.807, 2.05) is 11.9 Å². The molecule has 1 radical (unpaired) electrons. The number of carbonyl (C=O) groups excluding carboxylic acids is 4. The van der Waals surface area contributed by atoms with E-state index in [9.17, 15) is 73.8 Å². The molecule has 3 amide bonds. The molecule has 0 spiro atoms. The van der Waals surface area contributed by atoms with Crippen molar-refractivity contribution >= 4 is 71.8 Å². The number of carboxylic acid groups (broad SMARTS) is 7. The predicted octanol–water partition coefficient (Wildman–Crippen LogP) is 2.36. The zero-order chi connectivity index (χ0) is 68.8. The first-order valence-electron chi connectivity index (χ1n) is 32.8. The van der Waals surface area contributed by atoms with E-state index in [1.54, 1.807) is 9.80 Å². The van der Waals surface area contributed by atoms with E-state index in [-0.39, 0.29) is 93.9 Å². The maximum absolute atomic E-state index is 12.4. The first kappa shape index (κ1) is 82.5. The van der Waals surface area contributed by atoms with Gasteiger partial charge >= 0.3 is 54.0 Å². The van der Waals surface area contributed by atoms with Gasteiger partial charge in [-0.15, -0.1) is 0 Å². The first-order chi connectivity index (χ1) is 45.0. The minimum absolute atomic E-state index is 0. The normalized spacial score (nSPS) is 17.2. The summed E-state index contributed by atoms with van der Waals surface area (Å²) in [5.41, 5.74) is 1.99. The molecule has 31 nitrogen and oxygen atoms in total. The number of carboxylic acids is 7. The quantitative estimate of drug-likeness (QED) is 0.0429. The summed E-state index contributed by atoms with van der Waals surface area (Å²) in [7, 11) is 1.95. The number of carbonyl (C=O) groups is 9. The van der Waals surface area contributed by atoms with Crippen LogP contribution < -0.4 is 25.8 Å². The first-order valence-corrected chi connectivity index (χ1v) is 32.8. The number of rotatable bonds is 39. The molecule has 0 aliphatic carbocycles. The number of hydrogen-bond donors (Lipinski definition) is 10. The third-order valence-corrected chi connectivity index (χ3v) is 17.1. The fraction of sp³-hybridized carbons (Fsp3) is 0.698. The summed E-state index contributed by atoms with van der Waals surface area (Å²) >= 11 is 0.